The monoisotopic (exact) mass is 499 g/mol. The smallest absolute Gasteiger partial charge is 0.412 e. The lowest BCUT2D eigenvalue weighted by Gasteiger charge is -2.08. The van der Waals surface area contributed by atoms with Gasteiger partial charge in [0.1, 0.15) is 11.6 Å². The zero-order valence-corrected chi connectivity index (χ0v) is 19.9. The summed E-state index contributed by atoms with van der Waals surface area (Å²) < 4.78 is 10.4. The fraction of sp³-hybridized carbons (Fsp3) is 0.231. The molecule has 2 amide bonds. The zero-order valence-electron chi connectivity index (χ0n) is 19.9. The largest absolute Gasteiger partial charge is 0.449 e. The van der Waals surface area contributed by atoms with Crippen molar-refractivity contribution in [3.63, 3.8) is 0 Å². The molecule has 5 heterocycles. The second-order valence-electron chi connectivity index (χ2n) is 8.27. The number of fused-ring (bicyclic) bond motifs is 4. The molecule has 0 atom stereocenters. The van der Waals surface area contributed by atoms with E-state index in [1.54, 1.807) is 12.1 Å². The van der Waals surface area contributed by atoms with Gasteiger partial charge in [0.25, 0.3) is 0 Å². The molecule has 0 spiro atoms. The zero-order chi connectivity index (χ0) is 25.5. The molecule has 3 N–H and O–H groups in total. The van der Waals surface area contributed by atoms with Crippen molar-refractivity contribution in [1.82, 2.24) is 25.3 Å². The number of anilines is 2. The molecule has 0 aliphatic carbocycles. The minimum absolute atomic E-state index is 0.203. The van der Waals surface area contributed by atoms with Crippen molar-refractivity contribution in [2.24, 2.45) is 0 Å². The van der Waals surface area contributed by atoms with Crippen molar-refractivity contribution in [1.29, 1.82) is 0 Å². The summed E-state index contributed by atoms with van der Waals surface area (Å²) in [4.78, 5) is 42.3. The molecular weight excluding hydrogens is 474 g/mol. The summed E-state index contributed by atoms with van der Waals surface area (Å²) in [5.41, 5.74) is 2.63. The van der Waals surface area contributed by atoms with Crippen LogP contribution < -0.4 is 16.0 Å². The summed E-state index contributed by atoms with van der Waals surface area (Å²) in [7, 11) is 0. The van der Waals surface area contributed by atoms with Crippen LogP contribution in [0.15, 0.2) is 60.7 Å². The van der Waals surface area contributed by atoms with Crippen molar-refractivity contribution in [3.8, 4) is 0 Å². The van der Waals surface area contributed by atoms with Gasteiger partial charge in [-0.2, -0.15) is 0 Å². The first-order chi connectivity index (χ1) is 18.1. The first-order valence-electron chi connectivity index (χ1n) is 11.9. The number of nitrogens with zero attached hydrogens (tertiary/aromatic N) is 4. The molecule has 0 unspecified atom stereocenters. The van der Waals surface area contributed by atoms with E-state index >= 15 is 0 Å². The van der Waals surface area contributed by atoms with Crippen molar-refractivity contribution in [3.05, 3.63) is 72.1 Å². The quantitative estimate of drug-likeness (QED) is 0.302. The molecule has 6 bridgehead atoms. The Labute approximate surface area is 212 Å². The lowest BCUT2D eigenvalue weighted by molar-refractivity contribution is 0.161. The average Bonchev–Trinajstić information content (AvgIpc) is 2.89. The molecule has 188 valence electrons. The number of hydrogen-bond acceptors (Lipinski definition) is 9. The van der Waals surface area contributed by atoms with Crippen LogP contribution in [-0.4, -0.2) is 45.3 Å². The molecule has 0 radical (unpaired) electrons. The minimum atomic E-state index is -0.592. The van der Waals surface area contributed by atoms with Gasteiger partial charge in [0.15, 0.2) is 11.3 Å². The van der Waals surface area contributed by atoms with Gasteiger partial charge in [-0.1, -0.05) is 12.2 Å². The number of aromatic nitrogens is 4. The number of cyclic esters (lactones) is 2. The Balaban J connectivity index is 1.35. The van der Waals surface area contributed by atoms with Gasteiger partial charge in [-0.05, 0) is 61.4 Å². The Morgan fingerprint density at radius 3 is 1.54 bits per heavy atom. The maximum atomic E-state index is 12.1. The normalized spacial score (nSPS) is 16.5. The average molecular weight is 500 g/mol. The first-order valence-corrected chi connectivity index (χ1v) is 11.9. The SMILES string of the molecule is O=C1Nc2ccc3ccc(nc3n2)CNCc2ccc3ccc(nc3n2)NC(=O)OCC/C=C\CCO1. The van der Waals surface area contributed by atoms with Gasteiger partial charge < -0.3 is 14.8 Å². The van der Waals surface area contributed by atoms with Crippen molar-refractivity contribution in [2.45, 2.75) is 25.9 Å². The molecule has 0 aromatic carbocycles. The Hall–Kier alpha value is -4.64. The predicted octanol–water partition coefficient (Wildman–Crippen LogP) is 4.31. The molecule has 0 fully saturated rings. The number of carbonyl (C=O) groups excluding carboxylic acids is 2. The highest BCUT2D eigenvalue weighted by Gasteiger charge is 2.09. The molecule has 37 heavy (non-hydrogen) atoms. The molecule has 0 saturated heterocycles. The van der Waals surface area contributed by atoms with E-state index in [4.69, 9.17) is 9.47 Å². The second-order valence-corrected chi connectivity index (χ2v) is 8.27. The number of hydrogen-bond donors (Lipinski definition) is 3. The van der Waals surface area contributed by atoms with Gasteiger partial charge in [-0.3, -0.25) is 10.6 Å². The van der Waals surface area contributed by atoms with Gasteiger partial charge in [0.2, 0.25) is 0 Å². The number of rotatable bonds is 0. The van der Waals surface area contributed by atoms with Crippen LogP contribution in [-0.2, 0) is 22.6 Å². The van der Waals surface area contributed by atoms with Gasteiger partial charge in [-0.25, -0.2) is 29.5 Å². The van der Waals surface area contributed by atoms with Crippen LogP contribution in [0.4, 0.5) is 21.2 Å². The van der Waals surface area contributed by atoms with Crippen molar-refractivity contribution >= 4 is 45.9 Å². The van der Waals surface area contributed by atoms with E-state index in [0.717, 1.165) is 22.2 Å². The summed E-state index contributed by atoms with van der Waals surface area (Å²) >= 11 is 0. The summed E-state index contributed by atoms with van der Waals surface area (Å²) in [5, 5.41) is 10.3. The van der Waals surface area contributed by atoms with Gasteiger partial charge in [-0.15, -0.1) is 0 Å². The number of nitrogens with one attached hydrogen (secondary N) is 3. The van der Waals surface area contributed by atoms with E-state index < -0.39 is 12.2 Å². The van der Waals surface area contributed by atoms with E-state index in [9.17, 15) is 9.59 Å². The Morgan fingerprint density at radius 2 is 1.05 bits per heavy atom. The molecule has 0 saturated carbocycles. The van der Waals surface area contributed by atoms with Crippen LogP contribution in [0.2, 0.25) is 0 Å². The van der Waals surface area contributed by atoms with Crippen molar-refractivity contribution < 1.29 is 19.1 Å². The van der Waals surface area contributed by atoms with E-state index in [1.165, 1.54) is 0 Å². The van der Waals surface area contributed by atoms with Gasteiger partial charge in [0, 0.05) is 23.9 Å². The highest BCUT2D eigenvalue weighted by atomic mass is 16.6. The molecule has 1 aliphatic rings. The lowest BCUT2D eigenvalue weighted by Crippen LogP contribution is -2.16. The highest BCUT2D eigenvalue weighted by Crippen LogP contribution is 2.16. The first kappa shape index (κ1) is 24.1. The Morgan fingerprint density at radius 1 is 0.595 bits per heavy atom. The molecular formula is C26H25N7O4. The molecule has 5 rings (SSSR count). The molecule has 11 heteroatoms. The second kappa shape index (κ2) is 11.4. The maximum absolute atomic E-state index is 12.1. The van der Waals surface area contributed by atoms with Gasteiger partial charge in [0.05, 0.1) is 24.6 Å². The standard InChI is InChI=1S/C26H25N7O4/c34-25-32-21-11-7-17-5-9-19(28-23(17)30-21)15-27-16-20-10-6-18-8-12-22(31-24(18)29-20)33-26(35)37-14-4-2-1-3-13-36-25/h1-2,5-12,27H,3-4,13-16H2,(H,28,30,32,34)(H,29,31,33,35)/b2-1-. The van der Waals surface area contributed by atoms with Crippen molar-refractivity contribution in [2.75, 3.05) is 23.8 Å². The lowest BCUT2D eigenvalue weighted by atomic mass is 10.2. The number of carbonyl (C=O) groups is 2. The maximum Gasteiger partial charge on any atom is 0.412 e. The van der Waals surface area contributed by atoms with Crippen LogP contribution in [0.25, 0.3) is 22.1 Å². The summed E-state index contributed by atoms with van der Waals surface area (Å²) in [6.45, 7) is 1.39. The van der Waals surface area contributed by atoms with Crippen LogP contribution >= 0.6 is 0 Å². The van der Waals surface area contributed by atoms with Crippen LogP contribution in [0.1, 0.15) is 24.2 Å². The summed E-state index contributed by atoms with van der Waals surface area (Å²) in [6, 6.07) is 14.8. The van der Waals surface area contributed by atoms with Gasteiger partial charge >= 0.3 is 12.2 Å². The Bertz CT molecular complexity index is 1370. The summed E-state index contributed by atoms with van der Waals surface area (Å²) in [6.07, 6.45) is 3.59. The van der Waals surface area contributed by atoms with E-state index in [1.807, 2.05) is 48.6 Å². The van der Waals surface area contributed by atoms with E-state index in [-0.39, 0.29) is 13.2 Å². The number of ether oxygens (including phenoxy) is 2. The fourth-order valence-electron chi connectivity index (χ4n) is 3.69. The third kappa shape index (κ3) is 6.53. The highest BCUT2D eigenvalue weighted by molar-refractivity contribution is 5.86. The molecule has 4 aromatic rings. The summed E-state index contributed by atoms with van der Waals surface area (Å²) in [5.74, 6) is 0.720. The Kier molecular flexibility index (Phi) is 7.42. The molecule has 1 aliphatic heterocycles. The third-order valence-corrected chi connectivity index (χ3v) is 5.49. The number of pyridine rings is 4. The fourth-order valence-corrected chi connectivity index (χ4v) is 3.69. The number of amides is 2. The third-order valence-electron chi connectivity index (χ3n) is 5.49. The van der Waals surface area contributed by atoms with E-state index in [2.05, 4.69) is 35.9 Å². The molecule has 4 aromatic heterocycles. The topological polar surface area (TPSA) is 140 Å². The minimum Gasteiger partial charge on any atom is -0.449 e. The predicted molar refractivity (Wildman–Crippen MR) is 138 cm³/mol. The van der Waals surface area contributed by atoms with Crippen LogP contribution in [0.3, 0.4) is 0 Å². The van der Waals surface area contributed by atoms with E-state index in [0.29, 0.717) is 48.9 Å². The molecule has 11 nitrogen and oxygen atoms in total. The van der Waals surface area contributed by atoms with Crippen LogP contribution in [0.5, 0.6) is 0 Å². The van der Waals surface area contributed by atoms with Crippen LogP contribution in [0, 0.1) is 0 Å².